The number of nitrogens with one attached hydrogen (secondary N) is 1. The molecule has 0 radical (unpaired) electrons. The molecule has 4 rings (SSSR count). The van der Waals surface area contributed by atoms with E-state index in [0.29, 0.717) is 25.3 Å². The van der Waals surface area contributed by atoms with Gasteiger partial charge >= 0.3 is 0 Å². The van der Waals surface area contributed by atoms with Crippen LogP contribution in [-0.2, 0) is 16.1 Å². The molecule has 2 amide bonds. The van der Waals surface area contributed by atoms with Gasteiger partial charge in [0.05, 0.1) is 25.1 Å². The number of fused-ring (bicyclic) bond motifs is 1. The van der Waals surface area contributed by atoms with E-state index in [1.807, 2.05) is 59.3 Å². The van der Waals surface area contributed by atoms with E-state index in [4.69, 9.17) is 4.74 Å². The lowest BCUT2D eigenvalue weighted by atomic mass is 9.81. The normalized spacial score (nSPS) is 18.5. The topological polar surface area (TPSA) is 58.6 Å². The van der Waals surface area contributed by atoms with Gasteiger partial charge in [-0.05, 0) is 34.5 Å². The third-order valence-electron chi connectivity index (χ3n) is 5.11. The van der Waals surface area contributed by atoms with Crippen LogP contribution in [0.2, 0.25) is 0 Å². The second kappa shape index (κ2) is 8.90. The summed E-state index contributed by atoms with van der Waals surface area (Å²) in [6, 6.07) is 15.0. The van der Waals surface area contributed by atoms with Crippen LogP contribution in [-0.4, -0.2) is 37.0 Å². The van der Waals surface area contributed by atoms with Crippen molar-refractivity contribution < 1.29 is 14.3 Å². The highest BCUT2D eigenvalue weighted by Crippen LogP contribution is 2.44. The molecular weight excluding hydrogens is 404 g/mol. The van der Waals surface area contributed by atoms with Crippen LogP contribution in [0.3, 0.4) is 0 Å². The maximum Gasteiger partial charge on any atom is 0.254 e. The standard InChI is InChI=1S/C22H22N2O3S2/c1-27-11-10-24-20(18-9-5-13-29-18)19(16-7-2-3-8-17(16)22(24)26)21(25)23-14-15-6-4-12-28-15/h2-9,12-13,19-20H,10-11,14H2,1H3,(H,23,25)/t19-,20+/m0/s1. The molecule has 0 aliphatic carbocycles. The minimum absolute atomic E-state index is 0.0571. The molecule has 5 nitrogen and oxygen atoms in total. The van der Waals surface area contributed by atoms with Gasteiger partial charge in [-0.25, -0.2) is 0 Å². The first-order valence-corrected chi connectivity index (χ1v) is 11.2. The number of hydrogen-bond acceptors (Lipinski definition) is 5. The average Bonchev–Trinajstić information content (AvgIpc) is 3.45. The smallest absolute Gasteiger partial charge is 0.254 e. The Morgan fingerprint density at radius 2 is 1.90 bits per heavy atom. The molecule has 2 aromatic heterocycles. The van der Waals surface area contributed by atoms with Gasteiger partial charge in [-0.1, -0.05) is 30.3 Å². The zero-order valence-corrected chi connectivity index (χ0v) is 17.7. The first-order valence-electron chi connectivity index (χ1n) is 9.43. The van der Waals surface area contributed by atoms with E-state index in [-0.39, 0.29) is 17.9 Å². The summed E-state index contributed by atoms with van der Waals surface area (Å²) in [5, 5.41) is 7.06. The van der Waals surface area contributed by atoms with Gasteiger partial charge in [-0.15, -0.1) is 22.7 Å². The molecule has 2 atom stereocenters. The predicted octanol–water partition coefficient (Wildman–Crippen LogP) is 4.05. The van der Waals surface area contributed by atoms with Crippen molar-refractivity contribution in [3.63, 3.8) is 0 Å². The van der Waals surface area contributed by atoms with Crippen molar-refractivity contribution in [2.45, 2.75) is 18.5 Å². The second-order valence-electron chi connectivity index (χ2n) is 6.81. The Kier molecular flexibility index (Phi) is 6.08. The van der Waals surface area contributed by atoms with Crippen molar-refractivity contribution in [1.29, 1.82) is 0 Å². The summed E-state index contributed by atoms with van der Waals surface area (Å²) in [6.45, 7) is 1.33. The lowest BCUT2D eigenvalue weighted by molar-refractivity contribution is -0.124. The number of methoxy groups -OCH3 is 1. The van der Waals surface area contributed by atoms with Gasteiger partial charge in [-0.2, -0.15) is 0 Å². The number of ether oxygens (including phenoxy) is 1. The van der Waals surface area contributed by atoms with E-state index in [1.165, 1.54) is 0 Å². The summed E-state index contributed by atoms with van der Waals surface area (Å²) in [5.74, 6) is -0.600. The number of hydrogen-bond donors (Lipinski definition) is 1. The van der Waals surface area contributed by atoms with Gasteiger partial charge in [0.2, 0.25) is 5.91 Å². The van der Waals surface area contributed by atoms with Crippen molar-refractivity contribution >= 4 is 34.5 Å². The molecule has 1 aliphatic rings. The molecule has 1 N–H and O–H groups in total. The first kappa shape index (κ1) is 19.8. The monoisotopic (exact) mass is 426 g/mol. The minimum atomic E-state index is -0.473. The molecule has 0 spiro atoms. The Hall–Kier alpha value is -2.48. The van der Waals surface area contributed by atoms with Crippen LogP contribution in [0.4, 0.5) is 0 Å². The number of rotatable bonds is 7. The third kappa shape index (κ3) is 3.99. The van der Waals surface area contributed by atoms with Gasteiger partial charge in [0, 0.05) is 29.0 Å². The highest BCUT2D eigenvalue weighted by molar-refractivity contribution is 7.10. The average molecular weight is 427 g/mol. The molecule has 3 aromatic rings. The summed E-state index contributed by atoms with van der Waals surface area (Å²) in [6.07, 6.45) is 0. The van der Waals surface area contributed by atoms with Crippen LogP contribution in [0.1, 0.15) is 37.6 Å². The molecule has 1 aromatic carbocycles. The Morgan fingerprint density at radius 3 is 2.62 bits per heavy atom. The minimum Gasteiger partial charge on any atom is -0.383 e. The summed E-state index contributed by atoms with van der Waals surface area (Å²) in [7, 11) is 1.62. The Balaban J connectivity index is 1.74. The van der Waals surface area contributed by atoms with Gasteiger partial charge in [0.25, 0.3) is 5.91 Å². The maximum absolute atomic E-state index is 13.4. The van der Waals surface area contributed by atoms with Crippen molar-refractivity contribution in [1.82, 2.24) is 10.2 Å². The zero-order valence-electron chi connectivity index (χ0n) is 16.0. The quantitative estimate of drug-likeness (QED) is 0.620. The summed E-state index contributed by atoms with van der Waals surface area (Å²) in [5.41, 5.74) is 1.38. The molecule has 0 bridgehead atoms. The van der Waals surface area contributed by atoms with Crippen LogP contribution >= 0.6 is 22.7 Å². The molecule has 29 heavy (non-hydrogen) atoms. The van der Waals surface area contributed by atoms with E-state index in [0.717, 1.165) is 15.3 Å². The summed E-state index contributed by atoms with van der Waals surface area (Å²) < 4.78 is 5.25. The number of carbonyl (C=O) groups is 2. The lowest BCUT2D eigenvalue weighted by Crippen LogP contribution is -2.48. The predicted molar refractivity (Wildman–Crippen MR) is 115 cm³/mol. The number of amides is 2. The van der Waals surface area contributed by atoms with Gasteiger partial charge in [0.1, 0.15) is 0 Å². The van der Waals surface area contributed by atoms with Crippen molar-refractivity contribution in [2.24, 2.45) is 0 Å². The highest BCUT2D eigenvalue weighted by atomic mass is 32.1. The van der Waals surface area contributed by atoms with Crippen LogP contribution in [0, 0.1) is 0 Å². The largest absolute Gasteiger partial charge is 0.383 e. The fraction of sp³-hybridized carbons (Fsp3) is 0.273. The maximum atomic E-state index is 13.4. The molecule has 0 fully saturated rings. The fourth-order valence-electron chi connectivity index (χ4n) is 3.78. The fourth-order valence-corrected chi connectivity index (χ4v) is 5.30. The van der Waals surface area contributed by atoms with E-state index in [1.54, 1.807) is 34.7 Å². The second-order valence-corrected chi connectivity index (χ2v) is 8.83. The van der Waals surface area contributed by atoms with Crippen LogP contribution in [0.15, 0.2) is 59.3 Å². The molecule has 1 aliphatic heterocycles. The molecule has 150 valence electrons. The highest BCUT2D eigenvalue weighted by Gasteiger charge is 2.44. The van der Waals surface area contributed by atoms with Gasteiger partial charge in [0.15, 0.2) is 0 Å². The Bertz CT molecular complexity index is 970. The lowest BCUT2D eigenvalue weighted by Gasteiger charge is -2.41. The Labute approximate surface area is 177 Å². The van der Waals surface area contributed by atoms with E-state index >= 15 is 0 Å². The molecule has 3 heterocycles. The Morgan fingerprint density at radius 1 is 1.10 bits per heavy atom. The van der Waals surface area contributed by atoms with Crippen LogP contribution < -0.4 is 5.32 Å². The van der Waals surface area contributed by atoms with Crippen LogP contribution in [0.25, 0.3) is 0 Å². The van der Waals surface area contributed by atoms with E-state index in [9.17, 15) is 9.59 Å². The van der Waals surface area contributed by atoms with Gasteiger partial charge in [-0.3, -0.25) is 9.59 Å². The third-order valence-corrected chi connectivity index (χ3v) is 6.93. The molecule has 0 saturated carbocycles. The number of carbonyl (C=O) groups excluding carboxylic acids is 2. The van der Waals surface area contributed by atoms with Crippen molar-refractivity contribution in [2.75, 3.05) is 20.3 Å². The number of benzene rings is 1. The van der Waals surface area contributed by atoms with Crippen molar-refractivity contribution in [3.8, 4) is 0 Å². The molecular formula is C22H22N2O3S2. The molecule has 0 unspecified atom stereocenters. The van der Waals surface area contributed by atoms with Crippen LogP contribution in [0.5, 0.6) is 0 Å². The van der Waals surface area contributed by atoms with Crippen molar-refractivity contribution in [3.05, 3.63) is 80.2 Å². The van der Waals surface area contributed by atoms with E-state index < -0.39 is 5.92 Å². The molecule has 7 heteroatoms. The van der Waals surface area contributed by atoms with Gasteiger partial charge < -0.3 is 15.0 Å². The number of thiophene rings is 2. The molecule has 0 saturated heterocycles. The SMILES string of the molecule is COCCN1C(=O)c2ccccc2[C@H](C(=O)NCc2cccs2)[C@H]1c1cccs1. The summed E-state index contributed by atoms with van der Waals surface area (Å²) in [4.78, 5) is 30.6. The zero-order chi connectivity index (χ0) is 20.2. The first-order chi connectivity index (χ1) is 14.2. The van der Waals surface area contributed by atoms with E-state index in [2.05, 4.69) is 5.32 Å². The summed E-state index contributed by atoms with van der Waals surface area (Å²) >= 11 is 3.18. The number of nitrogens with zero attached hydrogens (tertiary/aromatic N) is 1.